The quantitative estimate of drug-likeness (QED) is 0.541. The van der Waals surface area contributed by atoms with Crippen LogP contribution in [-0.4, -0.2) is 30.7 Å². The van der Waals surface area contributed by atoms with Gasteiger partial charge in [0.15, 0.2) is 5.78 Å². The highest BCUT2D eigenvalue weighted by Crippen LogP contribution is 2.14. The van der Waals surface area contributed by atoms with E-state index in [2.05, 4.69) is 29.6 Å². The summed E-state index contributed by atoms with van der Waals surface area (Å²) >= 11 is 0. The second kappa shape index (κ2) is 10.2. The monoisotopic (exact) mass is 385 g/mol. The van der Waals surface area contributed by atoms with Gasteiger partial charge in [0.05, 0.1) is 0 Å². The summed E-state index contributed by atoms with van der Waals surface area (Å²) in [5.74, 6) is -1.62. The van der Waals surface area contributed by atoms with Crippen LogP contribution in [0.25, 0.3) is 0 Å². The lowest BCUT2D eigenvalue weighted by molar-refractivity contribution is -0.121. The van der Waals surface area contributed by atoms with E-state index in [4.69, 9.17) is 0 Å². The second-order valence-electron chi connectivity index (χ2n) is 6.15. The molecule has 0 saturated heterocycles. The summed E-state index contributed by atoms with van der Waals surface area (Å²) in [6.07, 6.45) is -0.122. The first kappa shape index (κ1) is 21.1. The van der Waals surface area contributed by atoms with Crippen LogP contribution in [0.2, 0.25) is 0 Å². The molecule has 0 spiro atoms. The van der Waals surface area contributed by atoms with Crippen molar-refractivity contribution in [3.63, 3.8) is 0 Å². The average Bonchev–Trinajstić information content (AvgIpc) is 2.72. The fourth-order valence-corrected chi connectivity index (χ4v) is 2.68. The minimum Gasteiger partial charge on any atom is -0.372 e. The van der Waals surface area contributed by atoms with Gasteiger partial charge in [0.1, 0.15) is 5.82 Å². The molecule has 0 aromatic heterocycles. The first-order valence-corrected chi connectivity index (χ1v) is 9.17. The predicted octanol–water partition coefficient (Wildman–Crippen LogP) is 3.10. The van der Waals surface area contributed by atoms with E-state index in [0.29, 0.717) is 11.1 Å². The number of rotatable bonds is 8. The maximum atomic E-state index is 12.9. The van der Waals surface area contributed by atoms with E-state index in [9.17, 15) is 18.8 Å². The van der Waals surface area contributed by atoms with E-state index in [-0.39, 0.29) is 18.6 Å². The summed E-state index contributed by atoms with van der Waals surface area (Å²) in [6, 6.07) is 12.2. The summed E-state index contributed by atoms with van der Waals surface area (Å²) in [5.41, 5.74) is 6.40. The number of carbonyl (C=O) groups is 3. The van der Waals surface area contributed by atoms with E-state index in [1.165, 1.54) is 24.3 Å². The Hall–Kier alpha value is -3.22. The standard InChI is InChI=1S/C21H24FN3O3/c1-3-25(4-2)18-11-7-16(8-12-18)21(28)24-23-20(27)14-13-19(26)15-5-9-17(22)10-6-15/h5-12H,3-4,13-14H2,1-2H3,(H,23,27)(H,24,28). The maximum Gasteiger partial charge on any atom is 0.269 e. The first-order chi connectivity index (χ1) is 13.4. The van der Waals surface area contributed by atoms with Crippen LogP contribution in [-0.2, 0) is 4.79 Å². The van der Waals surface area contributed by atoms with Gasteiger partial charge in [-0.3, -0.25) is 25.2 Å². The number of ketones is 1. The number of hydrogen-bond donors (Lipinski definition) is 2. The summed E-state index contributed by atoms with van der Waals surface area (Å²) in [6.45, 7) is 5.85. The number of nitrogens with one attached hydrogen (secondary N) is 2. The topological polar surface area (TPSA) is 78.5 Å². The lowest BCUT2D eigenvalue weighted by Crippen LogP contribution is -2.41. The number of amides is 2. The van der Waals surface area contributed by atoms with E-state index in [0.717, 1.165) is 18.8 Å². The third kappa shape index (κ3) is 5.90. The Morgan fingerprint density at radius 2 is 1.39 bits per heavy atom. The fourth-order valence-electron chi connectivity index (χ4n) is 2.68. The third-order valence-electron chi connectivity index (χ3n) is 4.32. The molecule has 2 amide bonds. The van der Waals surface area contributed by atoms with Crippen molar-refractivity contribution in [1.82, 2.24) is 10.9 Å². The molecule has 0 bridgehead atoms. The molecule has 0 radical (unpaired) electrons. The normalized spacial score (nSPS) is 10.2. The minimum absolute atomic E-state index is 0.0358. The van der Waals surface area contributed by atoms with Gasteiger partial charge in [0.25, 0.3) is 5.91 Å². The number of anilines is 1. The first-order valence-electron chi connectivity index (χ1n) is 9.17. The van der Waals surface area contributed by atoms with Crippen molar-refractivity contribution in [2.75, 3.05) is 18.0 Å². The number of Topliss-reactive ketones (excluding diaryl/α,β-unsaturated/α-hetero) is 1. The molecular weight excluding hydrogens is 361 g/mol. The number of benzene rings is 2. The van der Waals surface area contributed by atoms with Gasteiger partial charge in [-0.2, -0.15) is 0 Å². The molecule has 0 atom stereocenters. The summed E-state index contributed by atoms with van der Waals surface area (Å²) < 4.78 is 12.9. The molecule has 0 fully saturated rings. The van der Waals surface area contributed by atoms with Crippen LogP contribution in [0.15, 0.2) is 48.5 Å². The van der Waals surface area contributed by atoms with Gasteiger partial charge in [-0.15, -0.1) is 0 Å². The smallest absolute Gasteiger partial charge is 0.269 e. The van der Waals surface area contributed by atoms with E-state index < -0.39 is 17.6 Å². The van der Waals surface area contributed by atoms with Crippen molar-refractivity contribution in [3.8, 4) is 0 Å². The highest BCUT2D eigenvalue weighted by Gasteiger charge is 2.11. The molecule has 2 N–H and O–H groups in total. The zero-order chi connectivity index (χ0) is 20.5. The molecule has 2 aromatic carbocycles. The van der Waals surface area contributed by atoms with Gasteiger partial charge in [-0.25, -0.2) is 4.39 Å². The zero-order valence-electron chi connectivity index (χ0n) is 16.0. The molecule has 0 aliphatic carbocycles. The zero-order valence-corrected chi connectivity index (χ0v) is 16.0. The average molecular weight is 385 g/mol. The number of hydrazine groups is 1. The van der Waals surface area contributed by atoms with Crippen molar-refractivity contribution in [3.05, 3.63) is 65.5 Å². The summed E-state index contributed by atoms with van der Waals surface area (Å²) in [4.78, 5) is 38.1. The predicted molar refractivity (Wildman–Crippen MR) is 106 cm³/mol. The number of carbonyl (C=O) groups excluding carboxylic acids is 3. The van der Waals surface area contributed by atoms with Crippen molar-refractivity contribution in [2.24, 2.45) is 0 Å². The van der Waals surface area contributed by atoms with Crippen molar-refractivity contribution in [1.29, 1.82) is 0 Å². The van der Waals surface area contributed by atoms with Gasteiger partial charge in [0.2, 0.25) is 5.91 Å². The fraction of sp³-hybridized carbons (Fsp3) is 0.286. The van der Waals surface area contributed by atoms with Gasteiger partial charge in [-0.1, -0.05) is 0 Å². The van der Waals surface area contributed by atoms with Crippen LogP contribution in [0.4, 0.5) is 10.1 Å². The molecule has 28 heavy (non-hydrogen) atoms. The molecule has 2 rings (SSSR count). The lowest BCUT2D eigenvalue weighted by Gasteiger charge is -2.21. The minimum atomic E-state index is -0.483. The van der Waals surface area contributed by atoms with Gasteiger partial charge in [-0.05, 0) is 62.4 Å². The molecule has 0 saturated carbocycles. The van der Waals surface area contributed by atoms with Gasteiger partial charge < -0.3 is 4.90 Å². The lowest BCUT2D eigenvalue weighted by atomic mass is 10.1. The van der Waals surface area contributed by atoms with Crippen molar-refractivity contribution < 1.29 is 18.8 Å². The van der Waals surface area contributed by atoms with Crippen LogP contribution >= 0.6 is 0 Å². The van der Waals surface area contributed by atoms with Crippen LogP contribution in [0.3, 0.4) is 0 Å². The van der Waals surface area contributed by atoms with Crippen LogP contribution in [0.1, 0.15) is 47.4 Å². The van der Waals surface area contributed by atoms with Crippen LogP contribution in [0, 0.1) is 5.82 Å². The molecule has 2 aromatic rings. The molecule has 148 valence electrons. The molecule has 0 heterocycles. The van der Waals surface area contributed by atoms with Gasteiger partial charge in [0, 0.05) is 42.7 Å². The molecule has 0 aliphatic rings. The molecule has 0 unspecified atom stereocenters. The van der Waals surface area contributed by atoms with E-state index in [1.807, 2.05) is 12.1 Å². The largest absolute Gasteiger partial charge is 0.372 e. The highest BCUT2D eigenvalue weighted by atomic mass is 19.1. The maximum absolute atomic E-state index is 12.9. The van der Waals surface area contributed by atoms with E-state index >= 15 is 0 Å². The molecular formula is C21H24FN3O3. The summed E-state index contributed by atoms with van der Waals surface area (Å²) in [5, 5.41) is 0. The number of halogens is 1. The Morgan fingerprint density at radius 1 is 0.821 bits per heavy atom. The Morgan fingerprint density at radius 3 is 1.96 bits per heavy atom. The third-order valence-corrected chi connectivity index (χ3v) is 4.32. The molecule has 0 aliphatic heterocycles. The van der Waals surface area contributed by atoms with Crippen LogP contribution < -0.4 is 15.8 Å². The van der Waals surface area contributed by atoms with Crippen molar-refractivity contribution >= 4 is 23.3 Å². The summed E-state index contributed by atoms with van der Waals surface area (Å²) in [7, 11) is 0. The molecule has 7 heteroatoms. The Labute approximate surface area is 163 Å². The number of hydrogen-bond acceptors (Lipinski definition) is 4. The molecule has 6 nitrogen and oxygen atoms in total. The Bertz CT molecular complexity index is 816. The Kier molecular flexibility index (Phi) is 7.68. The van der Waals surface area contributed by atoms with Crippen molar-refractivity contribution in [2.45, 2.75) is 26.7 Å². The second-order valence-corrected chi connectivity index (χ2v) is 6.15. The van der Waals surface area contributed by atoms with E-state index in [1.54, 1.807) is 12.1 Å². The SMILES string of the molecule is CCN(CC)c1ccc(C(=O)NNC(=O)CCC(=O)c2ccc(F)cc2)cc1. The Balaban J connectivity index is 1.79. The van der Waals surface area contributed by atoms with Crippen LogP contribution in [0.5, 0.6) is 0 Å². The number of nitrogens with zero attached hydrogens (tertiary/aromatic N) is 1. The van der Waals surface area contributed by atoms with Gasteiger partial charge >= 0.3 is 0 Å². The highest BCUT2D eigenvalue weighted by molar-refractivity contribution is 5.99.